The fourth-order valence-electron chi connectivity index (χ4n) is 2.24. The maximum atomic E-state index is 12.4. The SMILES string of the molecule is CCOC(CCC(=O)c1nc(-c2ccccn2)[nH]c(=O)c1O)OCC. The van der Waals surface area contributed by atoms with Crippen LogP contribution in [0, 0.1) is 0 Å². The minimum Gasteiger partial charge on any atom is -0.501 e. The highest BCUT2D eigenvalue weighted by molar-refractivity contribution is 5.96. The van der Waals surface area contributed by atoms with E-state index in [0.29, 0.717) is 25.3 Å². The summed E-state index contributed by atoms with van der Waals surface area (Å²) in [5, 5.41) is 9.90. The summed E-state index contributed by atoms with van der Waals surface area (Å²) < 4.78 is 10.8. The molecule has 0 fully saturated rings. The first-order valence-electron chi connectivity index (χ1n) is 8.07. The van der Waals surface area contributed by atoms with Crippen LogP contribution >= 0.6 is 0 Å². The fraction of sp³-hybridized carbons (Fsp3) is 0.412. The van der Waals surface area contributed by atoms with Gasteiger partial charge in [-0.3, -0.25) is 14.6 Å². The molecule has 0 spiro atoms. The van der Waals surface area contributed by atoms with Crippen molar-refractivity contribution in [3.8, 4) is 17.3 Å². The Kier molecular flexibility index (Phi) is 6.79. The van der Waals surface area contributed by atoms with Crippen LogP contribution in [0.5, 0.6) is 5.75 Å². The Bertz CT molecular complexity index is 755. The minimum atomic E-state index is -0.787. The van der Waals surface area contributed by atoms with Gasteiger partial charge in [-0.25, -0.2) is 4.98 Å². The highest BCUT2D eigenvalue weighted by Crippen LogP contribution is 2.17. The lowest BCUT2D eigenvalue weighted by molar-refractivity contribution is -0.138. The number of carbonyl (C=O) groups is 1. The molecule has 0 aromatic carbocycles. The van der Waals surface area contributed by atoms with E-state index in [-0.39, 0.29) is 17.9 Å². The molecule has 2 aromatic rings. The van der Waals surface area contributed by atoms with E-state index in [2.05, 4.69) is 15.0 Å². The number of ether oxygens (including phenoxy) is 2. The van der Waals surface area contributed by atoms with Crippen molar-refractivity contribution < 1.29 is 19.4 Å². The van der Waals surface area contributed by atoms with Gasteiger partial charge in [0.1, 0.15) is 5.69 Å². The number of carbonyl (C=O) groups excluding carboxylic acids is 1. The third-order valence-electron chi connectivity index (χ3n) is 3.38. The molecular weight excluding hydrogens is 326 g/mol. The van der Waals surface area contributed by atoms with Gasteiger partial charge in [0, 0.05) is 32.3 Å². The molecule has 134 valence electrons. The molecule has 2 N–H and O–H groups in total. The summed E-state index contributed by atoms with van der Waals surface area (Å²) in [6.45, 7) is 4.57. The molecule has 0 amide bonds. The molecule has 0 bridgehead atoms. The monoisotopic (exact) mass is 347 g/mol. The second-order valence-electron chi connectivity index (χ2n) is 5.13. The van der Waals surface area contributed by atoms with Gasteiger partial charge in [0.15, 0.2) is 23.6 Å². The van der Waals surface area contributed by atoms with Crippen LogP contribution in [0.1, 0.15) is 37.2 Å². The zero-order valence-electron chi connectivity index (χ0n) is 14.2. The van der Waals surface area contributed by atoms with Crippen molar-refractivity contribution in [2.24, 2.45) is 0 Å². The van der Waals surface area contributed by atoms with Crippen LogP contribution in [0.15, 0.2) is 29.2 Å². The lowest BCUT2D eigenvalue weighted by atomic mass is 10.1. The smallest absolute Gasteiger partial charge is 0.294 e. The number of aromatic hydroxyl groups is 1. The van der Waals surface area contributed by atoms with Crippen LogP contribution in [0.3, 0.4) is 0 Å². The van der Waals surface area contributed by atoms with E-state index in [0.717, 1.165) is 0 Å². The van der Waals surface area contributed by atoms with Gasteiger partial charge in [-0.2, -0.15) is 0 Å². The maximum absolute atomic E-state index is 12.4. The molecule has 2 heterocycles. The Morgan fingerprint density at radius 1 is 1.28 bits per heavy atom. The van der Waals surface area contributed by atoms with E-state index in [4.69, 9.17) is 9.47 Å². The van der Waals surface area contributed by atoms with Crippen LogP contribution in [0.4, 0.5) is 0 Å². The summed E-state index contributed by atoms with van der Waals surface area (Å²) in [6, 6.07) is 5.09. The molecule has 0 aliphatic carbocycles. The van der Waals surface area contributed by atoms with Crippen molar-refractivity contribution in [3.63, 3.8) is 0 Å². The van der Waals surface area contributed by atoms with E-state index < -0.39 is 23.4 Å². The van der Waals surface area contributed by atoms with Crippen molar-refractivity contribution in [2.75, 3.05) is 13.2 Å². The first-order chi connectivity index (χ1) is 12.1. The number of H-pyrrole nitrogens is 1. The Hall–Kier alpha value is -2.58. The fourth-order valence-corrected chi connectivity index (χ4v) is 2.24. The number of Topliss-reactive ketones (excluding diaryl/α,β-unsaturated/α-hetero) is 1. The molecule has 0 radical (unpaired) electrons. The Morgan fingerprint density at radius 3 is 2.60 bits per heavy atom. The summed E-state index contributed by atoms with van der Waals surface area (Å²) in [4.78, 5) is 34.9. The van der Waals surface area contributed by atoms with Gasteiger partial charge in [0.25, 0.3) is 5.56 Å². The number of rotatable bonds is 9. The van der Waals surface area contributed by atoms with Crippen molar-refractivity contribution in [1.82, 2.24) is 15.0 Å². The lowest BCUT2D eigenvalue weighted by Gasteiger charge is -2.16. The summed E-state index contributed by atoms with van der Waals surface area (Å²) in [7, 11) is 0. The predicted molar refractivity (Wildman–Crippen MR) is 90.4 cm³/mol. The number of hydrogen-bond donors (Lipinski definition) is 2. The maximum Gasteiger partial charge on any atom is 0.294 e. The van der Waals surface area contributed by atoms with Gasteiger partial charge in [-0.15, -0.1) is 0 Å². The number of pyridine rings is 1. The predicted octanol–water partition coefficient (Wildman–Crippen LogP) is 1.90. The zero-order chi connectivity index (χ0) is 18.2. The van der Waals surface area contributed by atoms with Gasteiger partial charge in [0.2, 0.25) is 5.75 Å². The molecule has 2 aromatic heterocycles. The normalized spacial score (nSPS) is 11.0. The van der Waals surface area contributed by atoms with Gasteiger partial charge in [-0.1, -0.05) is 6.07 Å². The Balaban J connectivity index is 2.21. The van der Waals surface area contributed by atoms with Crippen LogP contribution in [0.2, 0.25) is 0 Å². The lowest BCUT2D eigenvalue weighted by Crippen LogP contribution is -2.20. The molecule has 8 nitrogen and oxygen atoms in total. The van der Waals surface area contributed by atoms with Crippen molar-refractivity contribution in [2.45, 2.75) is 33.0 Å². The van der Waals surface area contributed by atoms with Gasteiger partial charge in [0.05, 0.1) is 0 Å². The molecule has 0 atom stereocenters. The molecule has 0 unspecified atom stereocenters. The molecule has 0 aliphatic rings. The first-order valence-corrected chi connectivity index (χ1v) is 8.07. The number of aromatic nitrogens is 3. The van der Waals surface area contributed by atoms with E-state index in [1.165, 1.54) is 0 Å². The molecule has 2 rings (SSSR count). The minimum absolute atomic E-state index is 0.0241. The second-order valence-corrected chi connectivity index (χ2v) is 5.13. The first kappa shape index (κ1) is 18.8. The molecule has 25 heavy (non-hydrogen) atoms. The van der Waals surface area contributed by atoms with Crippen molar-refractivity contribution in [1.29, 1.82) is 0 Å². The van der Waals surface area contributed by atoms with E-state index >= 15 is 0 Å². The second kappa shape index (κ2) is 9.05. The third-order valence-corrected chi connectivity index (χ3v) is 3.38. The zero-order valence-corrected chi connectivity index (χ0v) is 14.2. The van der Waals surface area contributed by atoms with E-state index in [9.17, 15) is 14.7 Å². The van der Waals surface area contributed by atoms with E-state index in [1.807, 2.05) is 13.8 Å². The molecule has 0 aliphatic heterocycles. The summed E-state index contributed by atoms with van der Waals surface area (Å²) >= 11 is 0. The Labute approximate surface area is 144 Å². The highest BCUT2D eigenvalue weighted by atomic mass is 16.7. The number of ketones is 1. The average molecular weight is 347 g/mol. The highest BCUT2D eigenvalue weighted by Gasteiger charge is 2.20. The summed E-state index contributed by atoms with van der Waals surface area (Å²) in [5.74, 6) is -1.04. The van der Waals surface area contributed by atoms with Gasteiger partial charge >= 0.3 is 0 Å². The quantitative estimate of drug-likeness (QED) is 0.526. The molecule has 0 saturated carbocycles. The average Bonchev–Trinajstić information content (AvgIpc) is 2.62. The van der Waals surface area contributed by atoms with Crippen molar-refractivity contribution >= 4 is 5.78 Å². The number of aromatic amines is 1. The van der Waals surface area contributed by atoms with Gasteiger partial charge in [-0.05, 0) is 26.0 Å². The van der Waals surface area contributed by atoms with Crippen LogP contribution in [0.25, 0.3) is 11.5 Å². The van der Waals surface area contributed by atoms with Gasteiger partial charge < -0.3 is 19.6 Å². The third kappa shape index (κ3) is 4.94. The summed E-state index contributed by atoms with van der Waals surface area (Å²) in [5.41, 5.74) is -0.670. The van der Waals surface area contributed by atoms with Crippen LogP contribution in [-0.2, 0) is 9.47 Å². The van der Waals surface area contributed by atoms with Crippen molar-refractivity contribution in [3.05, 3.63) is 40.4 Å². The topological polar surface area (TPSA) is 114 Å². The molecule has 0 saturated heterocycles. The standard InChI is InChI=1S/C17H21N3O5/c1-3-24-13(25-4-2)9-8-12(21)14-15(22)17(23)20-16(19-14)11-7-5-6-10-18-11/h5-7,10,13,22H,3-4,8-9H2,1-2H3,(H,19,20,23). The largest absolute Gasteiger partial charge is 0.501 e. The number of nitrogens with one attached hydrogen (secondary N) is 1. The Morgan fingerprint density at radius 2 is 2.00 bits per heavy atom. The number of nitrogens with zero attached hydrogens (tertiary/aromatic N) is 2. The molecule has 8 heteroatoms. The molecular formula is C17H21N3O5. The summed E-state index contributed by atoms with van der Waals surface area (Å²) in [6.07, 6.45) is 1.35. The number of hydrogen-bond acceptors (Lipinski definition) is 7. The van der Waals surface area contributed by atoms with Crippen LogP contribution in [-0.4, -0.2) is 45.3 Å². The van der Waals surface area contributed by atoms with Crippen LogP contribution < -0.4 is 5.56 Å². The van der Waals surface area contributed by atoms with E-state index in [1.54, 1.807) is 24.4 Å².